The van der Waals surface area contributed by atoms with Crippen LogP contribution in [-0.2, 0) is 11.2 Å². The van der Waals surface area contributed by atoms with E-state index in [1.54, 1.807) is 13.1 Å². The van der Waals surface area contributed by atoms with Crippen molar-refractivity contribution in [1.82, 2.24) is 15.3 Å². The minimum atomic E-state index is -0.471. The maximum absolute atomic E-state index is 12.7. The second-order valence-corrected chi connectivity index (χ2v) is 7.56. The van der Waals surface area contributed by atoms with Gasteiger partial charge in [-0.1, -0.05) is 97.1 Å². The molecule has 3 aromatic carbocycles. The molecule has 0 aliphatic heterocycles. The lowest BCUT2D eigenvalue weighted by Crippen LogP contribution is -2.39. The SMILES string of the molecule is CN[C@@H](Cc1ccccc1)C(=O)Oc1cc(-c2ccc(C=Cc3ccccc3)cc2)ncn1. The van der Waals surface area contributed by atoms with Gasteiger partial charge in [-0.25, -0.2) is 14.8 Å². The average molecular weight is 436 g/mol. The van der Waals surface area contributed by atoms with Gasteiger partial charge in [0.25, 0.3) is 0 Å². The van der Waals surface area contributed by atoms with Gasteiger partial charge >= 0.3 is 5.97 Å². The summed E-state index contributed by atoms with van der Waals surface area (Å²) < 4.78 is 5.55. The van der Waals surface area contributed by atoms with Crippen LogP contribution in [0.5, 0.6) is 5.88 Å². The van der Waals surface area contributed by atoms with Gasteiger partial charge in [0, 0.05) is 11.6 Å². The van der Waals surface area contributed by atoms with Crippen LogP contribution in [0.25, 0.3) is 23.4 Å². The molecule has 0 spiro atoms. The summed E-state index contributed by atoms with van der Waals surface area (Å²) in [4.78, 5) is 21.1. The molecule has 0 amide bonds. The van der Waals surface area contributed by atoms with E-state index in [9.17, 15) is 4.79 Å². The van der Waals surface area contributed by atoms with Crippen molar-refractivity contribution in [3.63, 3.8) is 0 Å². The van der Waals surface area contributed by atoms with Crippen molar-refractivity contribution in [3.8, 4) is 17.1 Å². The van der Waals surface area contributed by atoms with Crippen LogP contribution in [0.15, 0.2) is 97.3 Å². The van der Waals surface area contributed by atoms with Gasteiger partial charge < -0.3 is 10.1 Å². The molecule has 1 atom stereocenters. The predicted octanol–water partition coefficient (Wildman–Crippen LogP) is 5.05. The van der Waals surface area contributed by atoms with Crippen molar-refractivity contribution in [3.05, 3.63) is 114 Å². The van der Waals surface area contributed by atoms with Crippen LogP contribution in [0.4, 0.5) is 0 Å². The highest BCUT2D eigenvalue weighted by Crippen LogP contribution is 2.21. The monoisotopic (exact) mass is 435 g/mol. The van der Waals surface area contributed by atoms with E-state index in [2.05, 4.69) is 39.6 Å². The Hall–Kier alpha value is -4.09. The average Bonchev–Trinajstić information content (AvgIpc) is 2.87. The van der Waals surface area contributed by atoms with Crippen LogP contribution in [0.1, 0.15) is 16.7 Å². The molecule has 33 heavy (non-hydrogen) atoms. The molecule has 0 aliphatic carbocycles. The number of rotatable bonds is 8. The molecule has 0 saturated heterocycles. The number of esters is 1. The number of carbonyl (C=O) groups is 1. The number of carbonyl (C=O) groups excluding carboxylic acids is 1. The van der Waals surface area contributed by atoms with Gasteiger partial charge in [-0.3, -0.25) is 0 Å². The number of hydrogen-bond donors (Lipinski definition) is 1. The third-order valence-electron chi connectivity index (χ3n) is 5.24. The van der Waals surface area contributed by atoms with Crippen LogP contribution in [0, 0.1) is 0 Å². The van der Waals surface area contributed by atoms with Crippen LogP contribution < -0.4 is 10.1 Å². The number of nitrogens with one attached hydrogen (secondary N) is 1. The molecular weight excluding hydrogens is 410 g/mol. The molecule has 4 rings (SSSR count). The van der Waals surface area contributed by atoms with E-state index in [-0.39, 0.29) is 11.8 Å². The summed E-state index contributed by atoms with van der Waals surface area (Å²) in [5.41, 5.74) is 4.90. The van der Waals surface area contributed by atoms with E-state index in [1.165, 1.54) is 6.33 Å². The number of likely N-dealkylation sites (N-methyl/N-ethyl adjacent to an activating group) is 1. The molecule has 5 heteroatoms. The van der Waals surface area contributed by atoms with Crippen LogP contribution in [0.3, 0.4) is 0 Å². The first kappa shape index (κ1) is 22.1. The molecular formula is C28H25N3O2. The maximum atomic E-state index is 12.7. The topological polar surface area (TPSA) is 64.1 Å². The minimum Gasteiger partial charge on any atom is -0.406 e. The van der Waals surface area contributed by atoms with Crippen molar-refractivity contribution < 1.29 is 9.53 Å². The third-order valence-corrected chi connectivity index (χ3v) is 5.24. The van der Waals surface area contributed by atoms with E-state index in [1.807, 2.05) is 72.8 Å². The molecule has 5 nitrogen and oxygen atoms in total. The largest absolute Gasteiger partial charge is 0.406 e. The highest BCUT2D eigenvalue weighted by atomic mass is 16.5. The first-order valence-corrected chi connectivity index (χ1v) is 10.8. The highest BCUT2D eigenvalue weighted by molar-refractivity contribution is 5.78. The fraction of sp³-hybridized carbons (Fsp3) is 0.107. The Balaban J connectivity index is 1.43. The van der Waals surface area contributed by atoms with E-state index in [0.717, 1.165) is 22.3 Å². The Bertz CT molecular complexity index is 1210. The van der Waals surface area contributed by atoms with Gasteiger partial charge in [-0.15, -0.1) is 0 Å². The molecule has 1 heterocycles. The van der Waals surface area contributed by atoms with Gasteiger partial charge in [0.05, 0.1) is 5.69 Å². The summed E-state index contributed by atoms with van der Waals surface area (Å²) in [6, 6.07) is 29.2. The number of aromatic nitrogens is 2. The Kier molecular flexibility index (Phi) is 7.36. The summed E-state index contributed by atoms with van der Waals surface area (Å²) in [5.74, 6) is -0.154. The smallest absolute Gasteiger partial charge is 0.330 e. The molecule has 4 aromatic rings. The van der Waals surface area contributed by atoms with Gasteiger partial charge in [0.1, 0.15) is 12.4 Å². The van der Waals surface area contributed by atoms with Crippen LogP contribution in [0.2, 0.25) is 0 Å². The molecule has 1 N–H and O–H groups in total. The lowest BCUT2D eigenvalue weighted by molar-refractivity contribution is -0.136. The fourth-order valence-corrected chi connectivity index (χ4v) is 3.40. The van der Waals surface area contributed by atoms with Crippen molar-refractivity contribution >= 4 is 18.1 Å². The van der Waals surface area contributed by atoms with Gasteiger partial charge in [0.2, 0.25) is 5.88 Å². The molecule has 0 unspecified atom stereocenters. The third kappa shape index (κ3) is 6.21. The molecule has 1 aromatic heterocycles. The quantitative estimate of drug-likeness (QED) is 0.310. The molecule has 164 valence electrons. The van der Waals surface area contributed by atoms with E-state index in [4.69, 9.17) is 4.74 Å². The second-order valence-electron chi connectivity index (χ2n) is 7.56. The molecule has 0 bridgehead atoms. The number of hydrogen-bond acceptors (Lipinski definition) is 5. The number of benzene rings is 3. The normalized spacial score (nSPS) is 11.9. The molecule has 0 fully saturated rings. The Morgan fingerprint density at radius 3 is 2.18 bits per heavy atom. The molecule has 0 aliphatic rings. The summed E-state index contributed by atoms with van der Waals surface area (Å²) in [5, 5.41) is 3.02. The van der Waals surface area contributed by atoms with Gasteiger partial charge in [-0.2, -0.15) is 0 Å². The lowest BCUT2D eigenvalue weighted by Gasteiger charge is -2.15. The zero-order chi connectivity index (χ0) is 22.9. The molecule has 0 radical (unpaired) electrons. The van der Waals surface area contributed by atoms with Crippen molar-refractivity contribution in [2.24, 2.45) is 0 Å². The van der Waals surface area contributed by atoms with Crippen molar-refractivity contribution in [2.75, 3.05) is 7.05 Å². The maximum Gasteiger partial charge on any atom is 0.330 e. The van der Waals surface area contributed by atoms with E-state index >= 15 is 0 Å². The zero-order valence-corrected chi connectivity index (χ0v) is 18.4. The van der Waals surface area contributed by atoms with Crippen LogP contribution in [-0.4, -0.2) is 29.0 Å². The molecule has 0 saturated carbocycles. The number of ether oxygens (including phenoxy) is 1. The lowest BCUT2D eigenvalue weighted by atomic mass is 10.1. The minimum absolute atomic E-state index is 0.228. The van der Waals surface area contributed by atoms with Crippen molar-refractivity contribution in [2.45, 2.75) is 12.5 Å². The summed E-state index contributed by atoms with van der Waals surface area (Å²) in [6.07, 6.45) is 6.08. The van der Waals surface area contributed by atoms with Gasteiger partial charge in [0.15, 0.2) is 0 Å². The van der Waals surface area contributed by atoms with E-state index in [0.29, 0.717) is 12.1 Å². The summed E-state index contributed by atoms with van der Waals surface area (Å²) >= 11 is 0. The zero-order valence-electron chi connectivity index (χ0n) is 18.4. The van der Waals surface area contributed by atoms with E-state index < -0.39 is 6.04 Å². The Morgan fingerprint density at radius 1 is 0.879 bits per heavy atom. The first-order valence-electron chi connectivity index (χ1n) is 10.8. The second kappa shape index (κ2) is 11.0. The Labute approximate surface area is 193 Å². The fourth-order valence-electron chi connectivity index (χ4n) is 3.40. The predicted molar refractivity (Wildman–Crippen MR) is 131 cm³/mol. The summed E-state index contributed by atoms with van der Waals surface area (Å²) in [6.45, 7) is 0. The van der Waals surface area contributed by atoms with Crippen LogP contribution >= 0.6 is 0 Å². The van der Waals surface area contributed by atoms with Gasteiger partial charge in [-0.05, 0) is 30.2 Å². The standard InChI is InChI=1S/C28H25N3O2/c1-29-26(18-23-10-6-3-7-11-23)28(32)33-27-19-25(30-20-31-27)24-16-14-22(15-17-24)13-12-21-8-4-2-5-9-21/h2-17,19-20,26,29H,18H2,1H3/t26-/m0/s1. The highest BCUT2D eigenvalue weighted by Gasteiger charge is 2.20. The number of nitrogens with zero attached hydrogens (tertiary/aromatic N) is 2. The van der Waals surface area contributed by atoms with Crippen molar-refractivity contribution in [1.29, 1.82) is 0 Å². The Morgan fingerprint density at radius 2 is 1.52 bits per heavy atom. The first-order chi connectivity index (χ1) is 16.2. The summed E-state index contributed by atoms with van der Waals surface area (Å²) in [7, 11) is 1.74.